The van der Waals surface area contributed by atoms with Crippen molar-refractivity contribution in [1.82, 2.24) is 3.97 Å². The van der Waals surface area contributed by atoms with Gasteiger partial charge in [0.15, 0.2) is 0 Å². The first-order valence-corrected chi connectivity index (χ1v) is 12.0. The van der Waals surface area contributed by atoms with Gasteiger partial charge in [-0.3, -0.25) is 0 Å². The molecule has 0 spiro atoms. The molecule has 0 unspecified atom stereocenters. The van der Waals surface area contributed by atoms with Crippen molar-refractivity contribution in [3.8, 4) is 11.3 Å². The van der Waals surface area contributed by atoms with Crippen LogP contribution >= 0.6 is 22.6 Å². The number of hydrogen-bond acceptors (Lipinski definition) is 4. The summed E-state index contributed by atoms with van der Waals surface area (Å²) in [5.74, 6) is 0. The lowest BCUT2D eigenvalue weighted by Gasteiger charge is -2.13. The van der Waals surface area contributed by atoms with E-state index in [4.69, 9.17) is 4.42 Å². The van der Waals surface area contributed by atoms with Crippen LogP contribution in [0.25, 0.3) is 33.1 Å². The molecule has 0 radical (unpaired) electrons. The Morgan fingerprint density at radius 3 is 2.29 bits per heavy atom. The lowest BCUT2D eigenvalue weighted by atomic mass is 10.1. The highest BCUT2D eigenvalue weighted by Gasteiger charge is 2.28. The Bertz CT molecular complexity index is 1620. The molecule has 0 atom stereocenters. The smallest absolute Gasteiger partial charge is 0.336 e. The molecule has 3 aromatic carbocycles. The second kappa shape index (κ2) is 7.35. The quantitative estimate of drug-likeness (QED) is 0.222. The molecular formula is C24H16INO4S. The van der Waals surface area contributed by atoms with Crippen molar-refractivity contribution in [2.24, 2.45) is 0 Å². The lowest BCUT2D eigenvalue weighted by Crippen LogP contribution is -2.14. The van der Waals surface area contributed by atoms with Crippen LogP contribution in [0.5, 0.6) is 0 Å². The van der Waals surface area contributed by atoms with E-state index in [2.05, 4.69) is 22.6 Å². The van der Waals surface area contributed by atoms with Crippen LogP contribution in [0.2, 0.25) is 0 Å². The highest BCUT2D eigenvalue weighted by atomic mass is 127. The normalized spacial score (nSPS) is 11.9. The molecule has 2 aromatic heterocycles. The molecule has 0 saturated carbocycles. The number of nitrogens with zero attached hydrogens (tertiary/aromatic N) is 1. The van der Waals surface area contributed by atoms with Gasteiger partial charge in [0.2, 0.25) is 0 Å². The van der Waals surface area contributed by atoms with E-state index in [1.165, 1.54) is 10.0 Å². The summed E-state index contributed by atoms with van der Waals surface area (Å²) in [7, 11) is -3.90. The topological polar surface area (TPSA) is 69.3 Å². The van der Waals surface area contributed by atoms with Gasteiger partial charge >= 0.3 is 5.63 Å². The predicted molar refractivity (Wildman–Crippen MR) is 130 cm³/mol. The summed E-state index contributed by atoms with van der Waals surface area (Å²) in [6.07, 6.45) is 0. The molecule has 0 amide bonds. The number of fused-ring (bicyclic) bond motifs is 3. The van der Waals surface area contributed by atoms with Gasteiger partial charge in [-0.25, -0.2) is 17.2 Å². The highest BCUT2D eigenvalue weighted by molar-refractivity contribution is 14.1. The summed E-state index contributed by atoms with van der Waals surface area (Å²) in [6, 6.07) is 22.6. The van der Waals surface area contributed by atoms with E-state index in [0.717, 1.165) is 20.1 Å². The first-order valence-electron chi connectivity index (χ1n) is 9.52. The molecule has 0 fully saturated rings. The molecule has 5 aromatic rings. The van der Waals surface area contributed by atoms with E-state index in [-0.39, 0.29) is 4.90 Å². The van der Waals surface area contributed by atoms with Gasteiger partial charge in [-0.15, -0.1) is 0 Å². The van der Waals surface area contributed by atoms with E-state index in [0.29, 0.717) is 22.2 Å². The molecule has 0 aliphatic rings. The minimum atomic E-state index is -3.90. The average Bonchev–Trinajstić information content (AvgIpc) is 3.08. The monoisotopic (exact) mass is 541 g/mol. The number of benzene rings is 3. The molecule has 0 saturated heterocycles. The molecule has 31 heavy (non-hydrogen) atoms. The fourth-order valence-electron chi connectivity index (χ4n) is 3.77. The Hall–Kier alpha value is -2.91. The van der Waals surface area contributed by atoms with Gasteiger partial charge < -0.3 is 4.42 Å². The zero-order chi connectivity index (χ0) is 21.8. The summed E-state index contributed by atoms with van der Waals surface area (Å²) < 4.78 is 35.2. The van der Waals surface area contributed by atoms with E-state index in [1.807, 2.05) is 37.3 Å². The third-order valence-electron chi connectivity index (χ3n) is 5.24. The van der Waals surface area contributed by atoms with Crippen LogP contribution in [-0.2, 0) is 10.0 Å². The number of hydrogen-bond donors (Lipinski definition) is 0. The summed E-state index contributed by atoms with van der Waals surface area (Å²) in [4.78, 5) is 11.9. The van der Waals surface area contributed by atoms with Gasteiger partial charge in [0, 0.05) is 26.0 Å². The maximum absolute atomic E-state index is 13.8. The Balaban J connectivity index is 1.96. The third-order valence-corrected chi connectivity index (χ3v) is 8.01. The molecule has 2 heterocycles. The molecule has 5 nitrogen and oxygen atoms in total. The fourth-order valence-corrected chi connectivity index (χ4v) is 6.59. The van der Waals surface area contributed by atoms with Crippen molar-refractivity contribution >= 4 is 54.5 Å². The third kappa shape index (κ3) is 3.19. The highest BCUT2D eigenvalue weighted by Crippen LogP contribution is 2.40. The molecular weight excluding hydrogens is 525 g/mol. The standard InChI is InChI=1S/C24H16INO4S/c1-15-7-9-17(10-8-15)31(28,29)26-19-12-13-20-18(11-14-21(27)30-20)22(19)23(25)24(26)16-5-3-2-4-6-16/h2-14H,1H3. The summed E-state index contributed by atoms with van der Waals surface area (Å²) >= 11 is 2.18. The Kier molecular flexibility index (Phi) is 4.75. The number of aryl methyl sites for hydroxylation is 1. The van der Waals surface area contributed by atoms with Crippen LogP contribution < -0.4 is 5.63 Å². The maximum Gasteiger partial charge on any atom is 0.336 e. The van der Waals surface area contributed by atoms with Gasteiger partial charge in [-0.2, -0.15) is 0 Å². The van der Waals surface area contributed by atoms with Crippen molar-refractivity contribution in [3.05, 3.63) is 98.4 Å². The molecule has 0 aliphatic heterocycles. The first kappa shape index (κ1) is 20.0. The van der Waals surface area contributed by atoms with Crippen molar-refractivity contribution in [2.75, 3.05) is 0 Å². The number of halogens is 1. The summed E-state index contributed by atoms with van der Waals surface area (Å²) in [5, 5.41) is 1.42. The molecule has 0 aliphatic carbocycles. The Morgan fingerprint density at radius 1 is 0.871 bits per heavy atom. The van der Waals surface area contributed by atoms with Crippen LogP contribution in [0.3, 0.4) is 0 Å². The second-order valence-electron chi connectivity index (χ2n) is 7.24. The molecule has 0 bridgehead atoms. The van der Waals surface area contributed by atoms with E-state index in [1.54, 1.807) is 42.5 Å². The fraction of sp³-hybridized carbons (Fsp3) is 0.0417. The van der Waals surface area contributed by atoms with Gasteiger partial charge in [-0.1, -0.05) is 48.0 Å². The van der Waals surface area contributed by atoms with Crippen LogP contribution in [0.1, 0.15) is 5.56 Å². The van der Waals surface area contributed by atoms with Crippen molar-refractivity contribution in [3.63, 3.8) is 0 Å². The molecule has 7 heteroatoms. The summed E-state index contributed by atoms with van der Waals surface area (Å²) in [6.45, 7) is 1.92. The van der Waals surface area contributed by atoms with Crippen molar-refractivity contribution in [2.45, 2.75) is 11.8 Å². The first-order chi connectivity index (χ1) is 14.9. The van der Waals surface area contributed by atoms with Gasteiger partial charge in [0.05, 0.1) is 16.1 Å². The minimum Gasteiger partial charge on any atom is -0.423 e. The predicted octanol–water partition coefficient (Wildman–Crippen LogP) is 5.56. The van der Waals surface area contributed by atoms with E-state index in [9.17, 15) is 13.2 Å². The maximum atomic E-state index is 13.8. The SMILES string of the molecule is Cc1ccc(S(=O)(=O)n2c(-c3ccccc3)c(I)c3c4ccc(=O)oc4ccc32)cc1. The van der Waals surface area contributed by atoms with E-state index >= 15 is 0 Å². The van der Waals surface area contributed by atoms with Crippen LogP contribution in [0, 0.1) is 10.5 Å². The van der Waals surface area contributed by atoms with Gasteiger partial charge in [-0.05, 0) is 59.8 Å². The van der Waals surface area contributed by atoms with Crippen LogP contribution in [-0.4, -0.2) is 12.4 Å². The molecule has 154 valence electrons. The lowest BCUT2D eigenvalue weighted by molar-refractivity contribution is 0.561. The minimum absolute atomic E-state index is 0.211. The molecule has 0 N–H and O–H groups in total. The summed E-state index contributed by atoms with van der Waals surface area (Å²) in [5.41, 5.74) is 2.85. The zero-order valence-electron chi connectivity index (χ0n) is 16.4. The average molecular weight is 541 g/mol. The molecule has 5 rings (SSSR count). The largest absolute Gasteiger partial charge is 0.423 e. The van der Waals surface area contributed by atoms with Crippen LogP contribution in [0.15, 0.2) is 93.0 Å². The van der Waals surface area contributed by atoms with Crippen molar-refractivity contribution in [1.29, 1.82) is 0 Å². The number of aromatic nitrogens is 1. The van der Waals surface area contributed by atoms with Crippen molar-refractivity contribution < 1.29 is 12.8 Å². The van der Waals surface area contributed by atoms with Crippen LogP contribution in [0.4, 0.5) is 0 Å². The number of rotatable bonds is 3. The van der Waals surface area contributed by atoms with E-state index < -0.39 is 15.6 Å². The van der Waals surface area contributed by atoms with Gasteiger partial charge in [0.1, 0.15) is 5.58 Å². The van der Waals surface area contributed by atoms with Gasteiger partial charge in [0.25, 0.3) is 10.0 Å². The zero-order valence-corrected chi connectivity index (χ0v) is 19.3. The second-order valence-corrected chi connectivity index (χ2v) is 10.1. The Morgan fingerprint density at radius 2 is 1.58 bits per heavy atom. The Labute approximate surface area is 192 Å².